The number of hydrogen-bond acceptors (Lipinski definition) is 2. The first-order valence-corrected chi connectivity index (χ1v) is 7.17. The van der Waals surface area contributed by atoms with E-state index in [0.717, 1.165) is 11.1 Å². The van der Waals surface area contributed by atoms with Crippen LogP contribution in [0.1, 0.15) is 31.1 Å². The lowest BCUT2D eigenvalue weighted by atomic mass is 10.0. The van der Waals surface area contributed by atoms with Crippen molar-refractivity contribution < 1.29 is 9.53 Å². The summed E-state index contributed by atoms with van der Waals surface area (Å²) in [4.78, 5) is 11.8. The summed E-state index contributed by atoms with van der Waals surface area (Å²) in [6.45, 7) is 3.92. The van der Waals surface area contributed by atoms with Crippen molar-refractivity contribution in [3.05, 3.63) is 71.8 Å². The zero-order chi connectivity index (χ0) is 15.1. The molecule has 0 aliphatic heterocycles. The van der Waals surface area contributed by atoms with Gasteiger partial charge in [0.2, 0.25) is 5.91 Å². The Labute approximate surface area is 126 Å². The number of carbonyl (C=O) groups is 1. The van der Waals surface area contributed by atoms with Crippen LogP contribution in [0, 0.1) is 0 Å². The van der Waals surface area contributed by atoms with Gasteiger partial charge in [-0.05, 0) is 25.0 Å². The Morgan fingerprint density at radius 3 is 1.86 bits per heavy atom. The SMILES string of the molecule is CC(C)NC(=O)COC(c1ccccc1)c1ccccc1. The maximum atomic E-state index is 11.8. The molecule has 3 heteroatoms. The third-order valence-corrected chi connectivity index (χ3v) is 3.04. The Bertz CT molecular complexity index is 512. The van der Waals surface area contributed by atoms with Crippen LogP contribution in [-0.4, -0.2) is 18.6 Å². The molecule has 21 heavy (non-hydrogen) atoms. The van der Waals surface area contributed by atoms with Crippen LogP contribution >= 0.6 is 0 Å². The van der Waals surface area contributed by atoms with Crippen molar-refractivity contribution in [2.75, 3.05) is 6.61 Å². The lowest BCUT2D eigenvalue weighted by Crippen LogP contribution is -2.33. The highest BCUT2D eigenvalue weighted by atomic mass is 16.5. The summed E-state index contributed by atoms with van der Waals surface area (Å²) in [6, 6.07) is 20.0. The van der Waals surface area contributed by atoms with Crippen LogP contribution < -0.4 is 5.32 Å². The summed E-state index contributed by atoms with van der Waals surface area (Å²) in [5.41, 5.74) is 2.09. The lowest BCUT2D eigenvalue weighted by Gasteiger charge is -2.19. The smallest absolute Gasteiger partial charge is 0.246 e. The van der Waals surface area contributed by atoms with Gasteiger partial charge in [0, 0.05) is 6.04 Å². The first-order chi connectivity index (χ1) is 10.2. The molecule has 0 saturated carbocycles. The van der Waals surface area contributed by atoms with E-state index < -0.39 is 0 Å². The number of rotatable bonds is 6. The Morgan fingerprint density at radius 2 is 1.43 bits per heavy atom. The fraction of sp³-hybridized carbons (Fsp3) is 0.278. The van der Waals surface area contributed by atoms with Gasteiger partial charge >= 0.3 is 0 Å². The normalized spacial score (nSPS) is 10.9. The second-order valence-electron chi connectivity index (χ2n) is 5.23. The number of amides is 1. The third-order valence-electron chi connectivity index (χ3n) is 3.04. The largest absolute Gasteiger partial charge is 0.359 e. The molecule has 3 nitrogen and oxygen atoms in total. The van der Waals surface area contributed by atoms with Crippen molar-refractivity contribution in [2.24, 2.45) is 0 Å². The lowest BCUT2D eigenvalue weighted by molar-refractivity contribution is -0.127. The van der Waals surface area contributed by atoms with Crippen LogP contribution in [0.4, 0.5) is 0 Å². The van der Waals surface area contributed by atoms with Crippen LogP contribution in [0.15, 0.2) is 60.7 Å². The zero-order valence-electron chi connectivity index (χ0n) is 12.5. The Hall–Kier alpha value is -2.13. The quantitative estimate of drug-likeness (QED) is 0.883. The molecule has 0 aromatic heterocycles. The summed E-state index contributed by atoms with van der Waals surface area (Å²) < 4.78 is 5.86. The Kier molecular flexibility index (Phi) is 5.52. The molecule has 0 radical (unpaired) electrons. The minimum atomic E-state index is -0.231. The molecule has 1 N–H and O–H groups in total. The number of nitrogens with one attached hydrogen (secondary N) is 1. The van der Waals surface area contributed by atoms with Crippen LogP contribution in [0.3, 0.4) is 0 Å². The monoisotopic (exact) mass is 283 g/mol. The fourth-order valence-electron chi connectivity index (χ4n) is 2.16. The van der Waals surface area contributed by atoms with E-state index in [1.54, 1.807) is 0 Å². The minimum Gasteiger partial charge on any atom is -0.359 e. The average molecular weight is 283 g/mol. The van der Waals surface area contributed by atoms with E-state index in [4.69, 9.17) is 4.74 Å². The molecule has 0 fully saturated rings. The van der Waals surface area contributed by atoms with Gasteiger partial charge in [-0.2, -0.15) is 0 Å². The predicted octanol–water partition coefficient (Wildman–Crippen LogP) is 3.32. The predicted molar refractivity (Wildman–Crippen MR) is 84.0 cm³/mol. The maximum absolute atomic E-state index is 11.8. The molecule has 0 unspecified atom stereocenters. The van der Waals surface area contributed by atoms with Crippen LogP contribution in [0.2, 0.25) is 0 Å². The zero-order valence-corrected chi connectivity index (χ0v) is 12.5. The molecular weight excluding hydrogens is 262 g/mol. The molecule has 0 spiro atoms. The topological polar surface area (TPSA) is 38.3 Å². The molecule has 2 rings (SSSR count). The third kappa shape index (κ3) is 4.72. The van der Waals surface area contributed by atoms with Gasteiger partial charge in [0.05, 0.1) is 0 Å². The molecule has 0 aliphatic rings. The second kappa shape index (κ2) is 7.60. The molecule has 0 aliphatic carbocycles. The molecule has 0 bridgehead atoms. The number of ether oxygens (including phenoxy) is 1. The first kappa shape index (κ1) is 15.3. The summed E-state index contributed by atoms with van der Waals surface area (Å²) in [5, 5.41) is 2.84. The highest BCUT2D eigenvalue weighted by molar-refractivity contribution is 5.77. The van der Waals surface area contributed by atoms with Gasteiger partial charge in [0.1, 0.15) is 12.7 Å². The Morgan fingerprint density at radius 1 is 0.952 bits per heavy atom. The van der Waals surface area contributed by atoms with Crippen molar-refractivity contribution in [2.45, 2.75) is 26.0 Å². The molecular formula is C18H21NO2. The van der Waals surface area contributed by atoms with E-state index in [0.29, 0.717) is 0 Å². The molecule has 0 saturated heterocycles. The van der Waals surface area contributed by atoms with Crippen molar-refractivity contribution in [1.82, 2.24) is 5.32 Å². The molecule has 2 aromatic rings. The van der Waals surface area contributed by atoms with Gasteiger partial charge < -0.3 is 10.1 Å². The summed E-state index contributed by atoms with van der Waals surface area (Å²) in [5.74, 6) is -0.0955. The standard InChI is InChI=1S/C18H21NO2/c1-14(2)19-17(20)13-21-18(15-9-5-3-6-10-15)16-11-7-4-8-12-16/h3-12,14,18H,13H2,1-2H3,(H,19,20). The van der Waals surface area contributed by atoms with Gasteiger partial charge in [0.15, 0.2) is 0 Å². The highest BCUT2D eigenvalue weighted by Crippen LogP contribution is 2.25. The maximum Gasteiger partial charge on any atom is 0.246 e. The van der Waals surface area contributed by atoms with Gasteiger partial charge in [-0.15, -0.1) is 0 Å². The molecule has 0 atom stereocenters. The van der Waals surface area contributed by atoms with Crippen LogP contribution in [0.25, 0.3) is 0 Å². The van der Waals surface area contributed by atoms with Crippen molar-refractivity contribution in [1.29, 1.82) is 0 Å². The minimum absolute atomic E-state index is 0.0482. The summed E-state index contributed by atoms with van der Waals surface area (Å²) >= 11 is 0. The fourth-order valence-corrected chi connectivity index (χ4v) is 2.16. The van der Waals surface area contributed by atoms with E-state index in [-0.39, 0.29) is 24.7 Å². The van der Waals surface area contributed by atoms with Gasteiger partial charge in [-0.25, -0.2) is 0 Å². The van der Waals surface area contributed by atoms with E-state index in [9.17, 15) is 4.79 Å². The number of hydrogen-bond donors (Lipinski definition) is 1. The number of carbonyl (C=O) groups excluding carboxylic acids is 1. The summed E-state index contributed by atoms with van der Waals surface area (Å²) in [6.07, 6.45) is -0.231. The molecule has 0 heterocycles. The van der Waals surface area contributed by atoms with Crippen LogP contribution in [0.5, 0.6) is 0 Å². The number of benzene rings is 2. The first-order valence-electron chi connectivity index (χ1n) is 7.17. The highest BCUT2D eigenvalue weighted by Gasteiger charge is 2.16. The van der Waals surface area contributed by atoms with E-state index in [1.165, 1.54) is 0 Å². The van der Waals surface area contributed by atoms with Gasteiger partial charge in [0.25, 0.3) is 0 Å². The van der Waals surface area contributed by atoms with E-state index in [1.807, 2.05) is 74.5 Å². The average Bonchev–Trinajstić information content (AvgIpc) is 2.49. The van der Waals surface area contributed by atoms with Crippen molar-refractivity contribution in [3.63, 3.8) is 0 Å². The van der Waals surface area contributed by atoms with Crippen molar-refractivity contribution >= 4 is 5.91 Å². The van der Waals surface area contributed by atoms with E-state index in [2.05, 4.69) is 5.32 Å². The van der Waals surface area contributed by atoms with Crippen LogP contribution in [-0.2, 0) is 9.53 Å². The Balaban J connectivity index is 2.12. The summed E-state index contributed by atoms with van der Waals surface area (Å²) in [7, 11) is 0. The van der Waals surface area contributed by atoms with Gasteiger partial charge in [-0.3, -0.25) is 4.79 Å². The molecule has 110 valence electrons. The second-order valence-corrected chi connectivity index (χ2v) is 5.23. The molecule has 2 aromatic carbocycles. The van der Waals surface area contributed by atoms with Gasteiger partial charge in [-0.1, -0.05) is 60.7 Å². The molecule has 1 amide bonds. The van der Waals surface area contributed by atoms with Crippen molar-refractivity contribution in [3.8, 4) is 0 Å². The van der Waals surface area contributed by atoms with E-state index >= 15 is 0 Å².